The number of carboxylic acid groups (broad SMARTS) is 1. The molecule has 0 fully saturated rings. The predicted octanol–water partition coefficient (Wildman–Crippen LogP) is -1.38. The molecule has 6 N–H and O–H groups in total. The van der Waals surface area contributed by atoms with Crippen molar-refractivity contribution in [1.29, 1.82) is 0 Å². The molecule has 0 spiro atoms. The number of hydrogen-bond acceptors (Lipinski definition) is 8. The third-order valence-corrected chi connectivity index (χ3v) is 3.97. The van der Waals surface area contributed by atoms with Gasteiger partial charge in [0.1, 0.15) is 10.1 Å². The Labute approximate surface area is 168 Å². The normalized spacial score (nSPS) is 10.0. The first-order valence-corrected chi connectivity index (χ1v) is 7.66. The Morgan fingerprint density at radius 1 is 0.963 bits per heavy atom. The second-order valence-corrected chi connectivity index (χ2v) is 5.99. The zero-order chi connectivity index (χ0) is 17.2. The molecule has 0 aliphatic rings. The Morgan fingerprint density at radius 2 is 1.44 bits per heavy atom. The monoisotopic (exact) mass is 459 g/mol. The average molecular weight is 460 g/mol. The number of carbonyl (C=O) groups is 1. The average Bonchev–Trinajstić information content (AvgIpc) is 2.46. The molecule has 0 heterocycles. The van der Waals surface area contributed by atoms with Crippen LogP contribution in [0.5, 0.6) is 5.75 Å². The molecular formula is C13H12ClCrN2O9S. The maximum atomic E-state index is 11.3. The molecule has 0 saturated heterocycles. The minimum absolute atomic E-state index is 0. The Hall–Kier alpha value is -2.08. The zero-order valence-corrected chi connectivity index (χ0v) is 15.8. The summed E-state index contributed by atoms with van der Waals surface area (Å²) >= 11 is 5.61. The molecule has 0 unspecified atom stereocenters. The van der Waals surface area contributed by atoms with Gasteiger partial charge in [0.2, 0.25) is 0 Å². The van der Waals surface area contributed by atoms with Crippen molar-refractivity contribution in [2.45, 2.75) is 4.90 Å². The molecule has 147 valence electrons. The van der Waals surface area contributed by atoms with Gasteiger partial charge in [-0.15, -0.1) is 0 Å². The van der Waals surface area contributed by atoms with E-state index in [1.807, 2.05) is 0 Å². The van der Waals surface area contributed by atoms with E-state index >= 15 is 0 Å². The van der Waals surface area contributed by atoms with Crippen molar-refractivity contribution < 1.29 is 61.8 Å². The van der Waals surface area contributed by atoms with E-state index in [2.05, 4.69) is 10.2 Å². The van der Waals surface area contributed by atoms with E-state index in [-0.39, 0.29) is 50.2 Å². The van der Waals surface area contributed by atoms with Crippen LogP contribution in [0.2, 0.25) is 5.02 Å². The Kier molecular flexibility index (Phi) is 12.7. The standard InChI is InChI=1S/C13H9ClN2O6S.Cr.3H2O/c14-10-3-1-8(6-12(10)23(20,21)22)16-15-7-2-4-11(17)9(5-7)13(18)19;;;;/h1-6,17H,(H,18,19)(H,20,21,22);;3*1H2/q;+3;;;/p-3. The number of nitrogens with zero attached hydrogens (tertiary/aromatic N) is 2. The number of carboxylic acids is 1. The van der Waals surface area contributed by atoms with Crippen LogP contribution in [-0.2, 0) is 27.5 Å². The van der Waals surface area contributed by atoms with E-state index in [4.69, 9.17) is 11.6 Å². The van der Waals surface area contributed by atoms with Crippen LogP contribution in [0.25, 0.3) is 0 Å². The van der Waals surface area contributed by atoms with Gasteiger partial charge in [-0.3, -0.25) is 0 Å². The van der Waals surface area contributed by atoms with Crippen LogP contribution < -0.4 is 10.2 Å². The number of carbonyl (C=O) groups excluding carboxylic acids is 1. The second kappa shape index (κ2) is 11.6. The fourth-order valence-electron chi connectivity index (χ4n) is 1.60. The summed E-state index contributed by atoms with van der Waals surface area (Å²) in [5.41, 5.74) is -0.546. The molecule has 2 aromatic carbocycles. The fraction of sp³-hybridized carbons (Fsp3) is 0. The van der Waals surface area contributed by atoms with Crippen molar-refractivity contribution in [2.24, 2.45) is 10.2 Å². The summed E-state index contributed by atoms with van der Waals surface area (Å²) in [6.07, 6.45) is 0. The van der Waals surface area contributed by atoms with Crippen LogP contribution in [0.3, 0.4) is 0 Å². The molecule has 0 bridgehead atoms. The van der Waals surface area contributed by atoms with Crippen LogP contribution in [-0.4, -0.2) is 35.4 Å². The van der Waals surface area contributed by atoms with Crippen molar-refractivity contribution in [1.82, 2.24) is 0 Å². The summed E-state index contributed by atoms with van der Waals surface area (Å²) < 4.78 is 33.1. The summed E-state index contributed by atoms with van der Waals surface area (Å²) in [6.45, 7) is 0. The van der Waals surface area contributed by atoms with Gasteiger partial charge in [0, 0.05) is 0 Å². The molecule has 2 aromatic rings. The van der Waals surface area contributed by atoms with Crippen LogP contribution >= 0.6 is 11.6 Å². The number of aromatic carboxylic acids is 1. The number of halogens is 1. The summed E-state index contributed by atoms with van der Waals surface area (Å²) in [4.78, 5) is 10.1. The molecule has 1 radical (unpaired) electrons. The molecule has 0 aliphatic carbocycles. The molecule has 11 nitrogen and oxygen atoms in total. The van der Waals surface area contributed by atoms with Crippen LogP contribution in [0, 0.1) is 0 Å². The third kappa shape index (κ3) is 7.59. The first-order chi connectivity index (χ1) is 10.7. The van der Waals surface area contributed by atoms with Gasteiger partial charge in [-0.1, -0.05) is 23.4 Å². The summed E-state index contributed by atoms with van der Waals surface area (Å²) in [5.74, 6) is -2.39. The van der Waals surface area contributed by atoms with E-state index in [1.54, 1.807) is 0 Å². The van der Waals surface area contributed by atoms with Crippen molar-refractivity contribution >= 4 is 39.1 Å². The Bertz CT molecular complexity index is 922. The largest absolute Gasteiger partial charge is 3.00 e. The van der Waals surface area contributed by atoms with E-state index < -0.39 is 32.3 Å². The molecule has 0 atom stereocenters. The van der Waals surface area contributed by atoms with Crippen molar-refractivity contribution in [2.75, 3.05) is 0 Å². The molecule has 27 heavy (non-hydrogen) atoms. The van der Waals surface area contributed by atoms with Crippen molar-refractivity contribution in [3.8, 4) is 5.75 Å². The maximum Gasteiger partial charge on any atom is 3.00 e. The van der Waals surface area contributed by atoms with Crippen molar-refractivity contribution in [3.63, 3.8) is 0 Å². The van der Waals surface area contributed by atoms with E-state index in [9.17, 15) is 28.0 Å². The number of azo groups is 1. The van der Waals surface area contributed by atoms with Crippen molar-refractivity contribution in [3.05, 3.63) is 47.0 Å². The summed E-state index contributed by atoms with van der Waals surface area (Å²) in [6, 6.07) is 6.56. The zero-order valence-electron chi connectivity index (χ0n) is 13.0. The second-order valence-electron chi connectivity index (χ2n) is 4.24. The molecule has 0 amide bonds. The van der Waals surface area contributed by atoms with Crippen LogP contribution in [0.15, 0.2) is 51.5 Å². The number of rotatable bonds is 4. The molecule has 0 saturated carbocycles. The van der Waals surface area contributed by atoms with Gasteiger partial charge in [0.05, 0.1) is 27.3 Å². The minimum atomic E-state index is -4.77. The first kappa shape index (κ1) is 29.7. The first-order valence-electron chi connectivity index (χ1n) is 5.88. The van der Waals surface area contributed by atoms with Gasteiger partial charge in [-0.25, -0.2) is 8.42 Å². The van der Waals surface area contributed by atoms with Gasteiger partial charge in [0.15, 0.2) is 0 Å². The van der Waals surface area contributed by atoms with E-state index in [0.717, 1.165) is 24.3 Å². The fourth-order valence-corrected chi connectivity index (χ4v) is 2.57. The Balaban J connectivity index is -0.00000144. The van der Waals surface area contributed by atoms with Gasteiger partial charge in [-0.05, 0) is 35.9 Å². The van der Waals surface area contributed by atoms with Crippen LogP contribution in [0.4, 0.5) is 11.4 Å². The molecule has 0 aliphatic heterocycles. The number of hydrogen-bond donors (Lipinski definition) is 0. The topological polar surface area (TPSA) is 240 Å². The molecular weight excluding hydrogens is 448 g/mol. The molecule has 14 heteroatoms. The van der Waals surface area contributed by atoms with Gasteiger partial charge >= 0.3 is 17.4 Å². The van der Waals surface area contributed by atoms with Gasteiger partial charge in [0.25, 0.3) is 0 Å². The number of benzene rings is 2. The summed E-state index contributed by atoms with van der Waals surface area (Å²) in [5, 5.41) is 29.1. The van der Waals surface area contributed by atoms with Gasteiger partial charge < -0.3 is 36.0 Å². The predicted molar refractivity (Wildman–Crippen MR) is 84.7 cm³/mol. The van der Waals surface area contributed by atoms with E-state index in [1.165, 1.54) is 12.1 Å². The minimum Gasteiger partial charge on any atom is -0.872 e. The molecule has 2 rings (SSSR count). The van der Waals surface area contributed by atoms with E-state index in [0.29, 0.717) is 0 Å². The Morgan fingerprint density at radius 3 is 1.93 bits per heavy atom. The van der Waals surface area contributed by atoms with Crippen LogP contribution in [0.1, 0.15) is 10.4 Å². The third-order valence-electron chi connectivity index (χ3n) is 2.65. The maximum absolute atomic E-state index is 11.3. The SMILES string of the molecule is O.O.O.O=C([O-])c1cc(N=Nc2ccc(Cl)c(S(=O)(=O)[O-])c2)ccc1[O-].[Cr+3]. The smallest absolute Gasteiger partial charge is 0.872 e. The van der Waals surface area contributed by atoms with Gasteiger partial charge in [-0.2, -0.15) is 10.2 Å². The molecule has 0 aromatic heterocycles. The quantitative estimate of drug-likeness (QED) is 0.393. The summed E-state index contributed by atoms with van der Waals surface area (Å²) in [7, 11) is -4.77.